The van der Waals surface area contributed by atoms with Gasteiger partial charge in [-0.05, 0) is 18.9 Å². The number of nitro groups is 1. The topological polar surface area (TPSA) is 124 Å². The van der Waals surface area contributed by atoms with Crippen LogP contribution in [0.3, 0.4) is 0 Å². The van der Waals surface area contributed by atoms with Gasteiger partial charge in [0.2, 0.25) is 0 Å². The molecule has 0 saturated heterocycles. The molecular weight excluding hydrogens is 324 g/mol. The maximum absolute atomic E-state index is 12.1. The molecule has 0 aliphatic heterocycles. The van der Waals surface area contributed by atoms with Gasteiger partial charge >= 0.3 is 5.97 Å². The monoisotopic (exact) mass is 342 g/mol. The molecule has 0 saturated carbocycles. The van der Waals surface area contributed by atoms with E-state index >= 15 is 0 Å². The van der Waals surface area contributed by atoms with Crippen LogP contribution in [0.5, 0.6) is 0 Å². The van der Waals surface area contributed by atoms with Gasteiger partial charge in [0, 0.05) is 24.1 Å². The zero-order chi connectivity index (χ0) is 17.4. The molecule has 3 N–H and O–H groups in total. The summed E-state index contributed by atoms with van der Waals surface area (Å²) in [7, 11) is 0. The van der Waals surface area contributed by atoms with Crippen molar-refractivity contribution in [2.45, 2.75) is 44.6 Å². The summed E-state index contributed by atoms with van der Waals surface area (Å²) in [4.78, 5) is 32.8. The number of rotatable bonds is 10. The minimum absolute atomic E-state index is 0.161. The van der Waals surface area contributed by atoms with Crippen LogP contribution >= 0.6 is 11.6 Å². The molecule has 23 heavy (non-hydrogen) atoms. The number of ketones is 1. The standard InChI is InChI=1S/C15H19ClN2O5/c16-12-8-7-10(18(22)23)9-11(12)14(19)6-4-2-1-3-5-13(17)15(20)21/h7-9,13H,1-6,17H2,(H,20,21). The number of hydrogen-bond donors (Lipinski definition) is 2. The van der Waals surface area contributed by atoms with Crippen LogP contribution in [0.25, 0.3) is 0 Å². The summed E-state index contributed by atoms with van der Waals surface area (Å²) in [5.41, 5.74) is 5.38. The first-order valence-corrected chi connectivity index (χ1v) is 7.66. The van der Waals surface area contributed by atoms with Gasteiger partial charge < -0.3 is 10.8 Å². The number of nitrogens with two attached hydrogens (primary N) is 1. The highest BCUT2D eigenvalue weighted by Gasteiger charge is 2.15. The second-order valence-electron chi connectivity index (χ2n) is 5.24. The van der Waals surface area contributed by atoms with Crippen molar-refractivity contribution < 1.29 is 19.6 Å². The van der Waals surface area contributed by atoms with Gasteiger partial charge in [0.1, 0.15) is 6.04 Å². The number of halogens is 1. The number of unbranched alkanes of at least 4 members (excludes halogenated alkanes) is 3. The molecule has 1 rings (SSSR count). The number of nitrogens with zero attached hydrogens (tertiary/aromatic N) is 1. The zero-order valence-corrected chi connectivity index (χ0v) is 13.3. The Kier molecular flexibility index (Phi) is 7.64. The smallest absolute Gasteiger partial charge is 0.320 e. The van der Waals surface area contributed by atoms with E-state index in [1.807, 2.05) is 0 Å². The second-order valence-corrected chi connectivity index (χ2v) is 5.65. The lowest BCUT2D eigenvalue weighted by Gasteiger charge is -2.06. The fourth-order valence-corrected chi connectivity index (χ4v) is 2.32. The Bertz CT molecular complexity index is 591. The minimum Gasteiger partial charge on any atom is -0.480 e. The van der Waals surface area contributed by atoms with E-state index in [1.54, 1.807) is 0 Å². The van der Waals surface area contributed by atoms with Crippen LogP contribution in [0.4, 0.5) is 5.69 Å². The normalized spacial score (nSPS) is 11.9. The lowest BCUT2D eigenvalue weighted by Crippen LogP contribution is -2.29. The summed E-state index contributed by atoms with van der Waals surface area (Å²) in [5.74, 6) is -1.25. The molecule has 0 radical (unpaired) electrons. The third-order valence-corrected chi connectivity index (χ3v) is 3.78. The number of carbonyl (C=O) groups is 2. The van der Waals surface area contributed by atoms with Gasteiger partial charge in [-0.25, -0.2) is 0 Å². The Morgan fingerprint density at radius 2 is 1.91 bits per heavy atom. The quantitative estimate of drug-likeness (QED) is 0.291. The molecule has 0 bridgehead atoms. The van der Waals surface area contributed by atoms with E-state index < -0.39 is 16.9 Å². The van der Waals surface area contributed by atoms with Crippen molar-refractivity contribution in [3.63, 3.8) is 0 Å². The number of hydrogen-bond acceptors (Lipinski definition) is 5. The molecule has 0 spiro atoms. The number of aliphatic carboxylic acids is 1. The van der Waals surface area contributed by atoms with Gasteiger partial charge in [0.15, 0.2) is 5.78 Å². The molecule has 1 unspecified atom stereocenters. The van der Waals surface area contributed by atoms with E-state index in [0.29, 0.717) is 19.3 Å². The van der Waals surface area contributed by atoms with Crippen LogP contribution in [0, 0.1) is 10.1 Å². The fraction of sp³-hybridized carbons (Fsp3) is 0.467. The molecular formula is C15H19ClN2O5. The van der Waals surface area contributed by atoms with Crippen molar-refractivity contribution >= 4 is 29.0 Å². The zero-order valence-electron chi connectivity index (χ0n) is 12.5. The number of carboxylic acid groups (broad SMARTS) is 1. The van der Waals surface area contributed by atoms with Crippen molar-refractivity contribution in [3.8, 4) is 0 Å². The van der Waals surface area contributed by atoms with Gasteiger partial charge in [-0.1, -0.05) is 30.9 Å². The summed E-state index contributed by atoms with van der Waals surface area (Å²) in [6.45, 7) is 0. The van der Waals surface area contributed by atoms with E-state index in [0.717, 1.165) is 12.8 Å². The van der Waals surface area contributed by atoms with Crippen molar-refractivity contribution in [1.29, 1.82) is 0 Å². The van der Waals surface area contributed by atoms with Gasteiger partial charge in [-0.15, -0.1) is 0 Å². The van der Waals surface area contributed by atoms with Crippen LogP contribution in [0.2, 0.25) is 5.02 Å². The van der Waals surface area contributed by atoms with E-state index in [-0.39, 0.29) is 28.5 Å². The molecule has 8 heteroatoms. The Labute approximate surface area is 138 Å². The van der Waals surface area contributed by atoms with E-state index in [9.17, 15) is 19.7 Å². The summed E-state index contributed by atoms with van der Waals surface area (Å²) in [6.07, 6.45) is 3.47. The predicted octanol–water partition coefficient (Wildman–Crippen LogP) is 3.18. The Morgan fingerprint density at radius 3 is 2.52 bits per heavy atom. The molecule has 1 aromatic carbocycles. The number of Topliss-reactive ketones (excluding diaryl/α,β-unsaturated/α-hetero) is 1. The van der Waals surface area contributed by atoms with Crippen molar-refractivity contribution in [2.75, 3.05) is 0 Å². The molecule has 0 amide bonds. The van der Waals surface area contributed by atoms with Crippen LogP contribution in [0.15, 0.2) is 18.2 Å². The van der Waals surface area contributed by atoms with Crippen LogP contribution < -0.4 is 5.73 Å². The largest absolute Gasteiger partial charge is 0.480 e. The number of non-ortho nitro benzene ring substituents is 1. The van der Waals surface area contributed by atoms with Gasteiger partial charge in [0.25, 0.3) is 5.69 Å². The van der Waals surface area contributed by atoms with Crippen molar-refractivity contribution in [3.05, 3.63) is 38.9 Å². The second kappa shape index (κ2) is 9.22. The van der Waals surface area contributed by atoms with E-state index in [2.05, 4.69) is 0 Å². The first kappa shape index (κ1) is 19.1. The van der Waals surface area contributed by atoms with E-state index in [4.69, 9.17) is 22.4 Å². The van der Waals surface area contributed by atoms with Crippen molar-refractivity contribution in [1.82, 2.24) is 0 Å². The summed E-state index contributed by atoms with van der Waals surface area (Å²) in [6, 6.07) is 2.95. The Balaban J connectivity index is 2.38. The first-order chi connectivity index (χ1) is 10.8. The Morgan fingerprint density at radius 1 is 1.26 bits per heavy atom. The number of carboxylic acids is 1. The van der Waals surface area contributed by atoms with Crippen LogP contribution in [-0.2, 0) is 4.79 Å². The average molecular weight is 343 g/mol. The summed E-state index contributed by atoms with van der Waals surface area (Å²) < 4.78 is 0. The lowest BCUT2D eigenvalue weighted by molar-refractivity contribution is -0.384. The third-order valence-electron chi connectivity index (χ3n) is 3.45. The van der Waals surface area contributed by atoms with Gasteiger partial charge in [-0.2, -0.15) is 0 Å². The van der Waals surface area contributed by atoms with Gasteiger partial charge in [0.05, 0.1) is 9.95 Å². The average Bonchev–Trinajstić information content (AvgIpc) is 2.50. The maximum atomic E-state index is 12.1. The molecule has 0 aliphatic rings. The number of benzene rings is 1. The fourth-order valence-electron chi connectivity index (χ4n) is 2.10. The molecule has 0 aliphatic carbocycles. The molecule has 0 heterocycles. The summed E-state index contributed by atoms with van der Waals surface area (Å²) in [5, 5.41) is 19.6. The van der Waals surface area contributed by atoms with Crippen LogP contribution in [0.1, 0.15) is 48.9 Å². The van der Waals surface area contributed by atoms with Crippen molar-refractivity contribution in [2.24, 2.45) is 5.73 Å². The number of carbonyl (C=O) groups excluding carboxylic acids is 1. The molecule has 1 atom stereocenters. The molecule has 126 valence electrons. The SMILES string of the molecule is NC(CCCCCCC(=O)c1cc([N+](=O)[O-])ccc1Cl)C(=O)O. The molecule has 0 aromatic heterocycles. The Hall–Kier alpha value is -1.99. The number of nitro benzene ring substituents is 1. The highest BCUT2D eigenvalue weighted by atomic mass is 35.5. The first-order valence-electron chi connectivity index (χ1n) is 7.28. The third kappa shape index (κ3) is 6.33. The molecule has 0 fully saturated rings. The van der Waals surface area contributed by atoms with Crippen LogP contribution in [-0.4, -0.2) is 27.8 Å². The van der Waals surface area contributed by atoms with E-state index in [1.165, 1.54) is 18.2 Å². The highest BCUT2D eigenvalue weighted by Crippen LogP contribution is 2.24. The molecule has 7 nitrogen and oxygen atoms in total. The minimum atomic E-state index is -1.01. The molecule has 1 aromatic rings. The summed E-state index contributed by atoms with van der Waals surface area (Å²) >= 11 is 5.91. The highest BCUT2D eigenvalue weighted by molar-refractivity contribution is 6.34. The van der Waals surface area contributed by atoms with Gasteiger partial charge in [-0.3, -0.25) is 19.7 Å². The predicted molar refractivity (Wildman–Crippen MR) is 85.8 cm³/mol. The lowest BCUT2D eigenvalue weighted by atomic mass is 10.0. The maximum Gasteiger partial charge on any atom is 0.320 e.